The van der Waals surface area contributed by atoms with Crippen LogP contribution in [0.4, 0.5) is 5.69 Å². The number of nitrogens with one attached hydrogen (secondary N) is 2. The molecule has 4 heteroatoms. The Morgan fingerprint density at radius 1 is 0.491 bits per heavy atom. The van der Waals surface area contributed by atoms with Crippen molar-refractivity contribution in [3.8, 4) is 5.75 Å². The number of hydrogen-bond acceptors (Lipinski definition) is 3. The molecule has 8 aromatic rings. The van der Waals surface area contributed by atoms with Crippen LogP contribution in [0.5, 0.6) is 5.75 Å². The number of amides is 1. The van der Waals surface area contributed by atoms with E-state index in [4.69, 9.17) is 4.74 Å². The number of hydrogen-bond donors (Lipinski definition) is 2. The Labute approximate surface area is 310 Å². The van der Waals surface area contributed by atoms with Gasteiger partial charge < -0.3 is 15.4 Å². The molecule has 8 rings (SSSR count). The van der Waals surface area contributed by atoms with E-state index in [0.717, 1.165) is 17.7 Å². The van der Waals surface area contributed by atoms with Crippen LogP contribution in [0.25, 0.3) is 21.5 Å². The van der Waals surface area contributed by atoms with E-state index < -0.39 is 5.41 Å². The second-order valence-electron chi connectivity index (χ2n) is 13.3. The Balaban J connectivity index is 0.916. The number of rotatable bonds is 12. The summed E-state index contributed by atoms with van der Waals surface area (Å²) in [5.41, 5.74) is 7.24. The van der Waals surface area contributed by atoms with Crippen molar-refractivity contribution in [2.45, 2.75) is 18.5 Å². The van der Waals surface area contributed by atoms with Gasteiger partial charge in [-0.05, 0) is 85.3 Å². The predicted octanol–water partition coefficient (Wildman–Crippen LogP) is 10.7. The van der Waals surface area contributed by atoms with Crippen molar-refractivity contribution < 1.29 is 9.53 Å². The summed E-state index contributed by atoms with van der Waals surface area (Å²) in [7, 11) is 0. The number of carbonyl (C=O) groups is 1. The third kappa shape index (κ3) is 7.05. The first-order valence-corrected chi connectivity index (χ1v) is 18.1. The molecule has 0 saturated carbocycles. The van der Waals surface area contributed by atoms with Gasteiger partial charge in [-0.1, -0.05) is 164 Å². The van der Waals surface area contributed by atoms with Gasteiger partial charge >= 0.3 is 0 Å². The lowest BCUT2D eigenvalue weighted by molar-refractivity contribution is -0.118. The van der Waals surface area contributed by atoms with Gasteiger partial charge in [-0.15, -0.1) is 0 Å². The molecule has 0 bridgehead atoms. The highest BCUT2D eigenvalue weighted by Crippen LogP contribution is 2.45. The third-order valence-electron chi connectivity index (χ3n) is 10.0. The number of benzene rings is 8. The van der Waals surface area contributed by atoms with E-state index in [9.17, 15) is 4.79 Å². The Bertz CT molecular complexity index is 2290. The highest BCUT2D eigenvalue weighted by molar-refractivity contribution is 6.02. The molecular formula is C49H40N2O2. The lowest BCUT2D eigenvalue weighted by atomic mass is 9.65. The Kier molecular flexibility index (Phi) is 9.78. The molecule has 0 aliphatic rings. The van der Waals surface area contributed by atoms with Crippen molar-refractivity contribution in [2.75, 3.05) is 11.9 Å². The molecule has 0 atom stereocenters. The van der Waals surface area contributed by atoms with Gasteiger partial charge in [0.15, 0.2) is 6.61 Å². The lowest BCUT2D eigenvalue weighted by Gasteiger charge is -2.37. The zero-order valence-electron chi connectivity index (χ0n) is 29.4. The molecule has 0 aliphatic carbocycles. The quantitative estimate of drug-likeness (QED) is 0.0992. The molecule has 0 spiro atoms. The van der Waals surface area contributed by atoms with Crippen molar-refractivity contribution in [3.05, 3.63) is 228 Å². The van der Waals surface area contributed by atoms with Gasteiger partial charge in [0.1, 0.15) is 5.75 Å². The fourth-order valence-electron chi connectivity index (χ4n) is 7.55. The summed E-state index contributed by atoms with van der Waals surface area (Å²) in [4.78, 5) is 13.0. The normalized spacial score (nSPS) is 11.4. The number of fused-ring (bicyclic) bond motifs is 2. The molecule has 0 fully saturated rings. The van der Waals surface area contributed by atoms with E-state index in [0.29, 0.717) is 18.0 Å². The maximum atomic E-state index is 13.0. The summed E-state index contributed by atoms with van der Waals surface area (Å²) in [5, 5.41) is 11.7. The molecule has 53 heavy (non-hydrogen) atoms. The maximum absolute atomic E-state index is 13.0. The molecule has 0 unspecified atom stereocenters. The van der Waals surface area contributed by atoms with E-state index >= 15 is 0 Å². The summed E-state index contributed by atoms with van der Waals surface area (Å²) in [6, 6.07) is 67.3. The minimum Gasteiger partial charge on any atom is -0.484 e. The van der Waals surface area contributed by atoms with Gasteiger partial charge in [0, 0.05) is 18.8 Å². The van der Waals surface area contributed by atoms with Crippen LogP contribution in [0.3, 0.4) is 0 Å². The van der Waals surface area contributed by atoms with Crippen LogP contribution in [0, 0.1) is 0 Å². The molecule has 0 aromatic heterocycles. The van der Waals surface area contributed by atoms with Crippen LogP contribution in [-0.4, -0.2) is 12.5 Å². The van der Waals surface area contributed by atoms with E-state index in [-0.39, 0.29) is 12.5 Å². The lowest BCUT2D eigenvalue weighted by Crippen LogP contribution is -2.31. The van der Waals surface area contributed by atoms with Gasteiger partial charge in [-0.2, -0.15) is 0 Å². The number of ether oxygens (including phenoxy) is 1. The summed E-state index contributed by atoms with van der Waals surface area (Å²) in [6.07, 6.45) is 0. The topological polar surface area (TPSA) is 50.4 Å². The van der Waals surface area contributed by atoms with Gasteiger partial charge in [-0.25, -0.2) is 0 Å². The van der Waals surface area contributed by atoms with E-state index in [1.54, 1.807) is 0 Å². The summed E-state index contributed by atoms with van der Waals surface area (Å²) < 4.78 is 5.88. The van der Waals surface area contributed by atoms with Crippen LogP contribution in [0.1, 0.15) is 33.4 Å². The third-order valence-corrected chi connectivity index (χ3v) is 10.0. The van der Waals surface area contributed by atoms with Crippen molar-refractivity contribution in [2.24, 2.45) is 0 Å². The fraction of sp³-hybridized carbons (Fsp3) is 0.0816. The molecule has 0 aliphatic heterocycles. The largest absolute Gasteiger partial charge is 0.484 e. The minimum absolute atomic E-state index is 0.0878. The Hall–Kier alpha value is -6.49. The average Bonchev–Trinajstić information content (AvgIpc) is 3.22. The molecular weight excluding hydrogens is 649 g/mol. The second-order valence-corrected chi connectivity index (χ2v) is 13.3. The van der Waals surface area contributed by atoms with Crippen molar-refractivity contribution in [1.82, 2.24) is 5.32 Å². The predicted molar refractivity (Wildman–Crippen MR) is 217 cm³/mol. The second kappa shape index (κ2) is 15.4. The first kappa shape index (κ1) is 33.6. The Morgan fingerprint density at radius 2 is 0.962 bits per heavy atom. The molecule has 0 radical (unpaired) electrons. The Morgan fingerprint density at radius 3 is 1.49 bits per heavy atom. The van der Waals surface area contributed by atoms with Crippen LogP contribution < -0.4 is 15.4 Å². The highest BCUT2D eigenvalue weighted by atomic mass is 16.5. The van der Waals surface area contributed by atoms with Crippen molar-refractivity contribution in [3.63, 3.8) is 0 Å². The average molecular weight is 689 g/mol. The molecule has 1 amide bonds. The van der Waals surface area contributed by atoms with Gasteiger partial charge in [0.05, 0.1) is 5.41 Å². The number of carbonyl (C=O) groups excluding carboxylic acids is 1. The van der Waals surface area contributed by atoms with Gasteiger partial charge in [0.25, 0.3) is 5.91 Å². The monoisotopic (exact) mass is 688 g/mol. The van der Waals surface area contributed by atoms with E-state index in [2.05, 4.69) is 150 Å². The molecule has 258 valence electrons. The molecule has 8 aromatic carbocycles. The van der Waals surface area contributed by atoms with Crippen LogP contribution in [0.15, 0.2) is 194 Å². The van der Waals surface area contributed by atoms with Crippen molar-refractivity contribution >= 4 is 33.1 Å². The molecule has 4 nitrogen and oxygen atoms in total. The summed E-state index contributed by atoms with van der Waals surface area (Å²) in [6.45, 7) is 1.39. The van der Waals surface area contributed by atoms with Crippen molar-refractivity contribution in [1.29, 1.82) is 0 Å². The zero-order valence-corrected chi connectivity index (χ0v) is 29.4. The molecule has 0 saturated heterocycles. The minimum atomic E-state index is -0.540. The molecule has 0 heterocycles. The highest BCUT2D eigenvalue weighted by Gasteiger charge is 2.38. The smallest absolute Gasteiger partial charge is 0.262 e. The SMILES string of the molecule is O=C(COc1ccc(CNCc2c3ccccc3cc3ccccc23)cc1)Nc1ccc(C(c2ccccc2)(c2ccccc2)c2ccccc2)cc1. The fourth-order valence-corrected chi connectivity index (χ4v) is 7.55. The van der Waals surface area contributed by atoms with Gasteiger partial charge in [-0.3, -0.25) is 4.79 Å². The summed E-state index contributed by atoms with van der Waals surface area (Å²) >= 11 is 0. The van der Waals surface area contributed by atoms with Crippen LogP contribution in [-0.2, 0) is 23.3 Å². The zero-order chi connectivity index (χ0) is 35.9. The van der Waals surface area contributed by atoms with E-state index in [1.807, 2.05) is 54.6 Å². The number of anilines is 1. The first-order chi connectivity index (χ1) is 26.2. The van der Waals surface area contributed by atoms with Gasteiger partial charge in [0.2, 0.25) is 0 Å². The maximum Gasteiger partial charge on any atom is 0.262 e. The first-order valence-electron chi connectivity index (χ1n) is 18.1. The van der Waals surface area contributed by atoms with E-state index in [1.165, 1.54) is 43.8 Å². The van der Waals surface area contributed by atoms with Crippen LogP contribution >= 0.6 is 0 Å². The summed E-state index contributed by atoms with van der Waals surface area (Å²) in [5.74, 6) is 0.434. The molecule has 2 N–H and O–H groups in total. The standard InChI is InChI=1S/C49H40N2O2/c52-48(35-53-44-30-24-36(25-31-44)33-50-34-47-45-22-12-10-14-37(45)32-38-15-11-13-23-46(38)47)51-43-28-26-42(27-29-43)49(39-16-4-1-5-17-39,40-18-6-2-7-19-40)41-20-8-3-9-21-41/h1-32,50H,33-35H2,(H,51,52). The van der Waals surface area contributed by atoms with Crippen LogP contribution in [0.2, 0.25) is 0 Å².